The van der Waals surface area contributed by atoms with Gasteiger partial charge < -0.3 is 9.55 Å². The van der Waals surface area contributed by atoms with Gasteiger partial charge in [0.15, 0.2) is 10.6 Å². The second kappa shape index (κ2) is 4.60. The Morgan fingerprint density at radius 1 is 1.37 bits per heavy atom. The van der Waals surface area contributed by atoms with Gasteiger partial charge in [-0.2, -0.15) is 5.10 Å². The molecule has 3 aromatic heterocycles. The average Bonchev–Trinajstić information content (AvgIpc) is 3.02. The van der Waals surface area contributed by atoms with Crippen LogP contribution in [0, 0.1) is 4.77 Å². The lowest BCUT2D eigenvalue weighted by Crippen LogP contribution is -2.11. The summed E-state index contributed by atoms with van der Waals surface area (Å²) in [5.74, 6) is 0.531. The van der Waals surface area contributed by atoms with Crippen LogP contribution in [0.3, 0.4) is 0 Å². The molecule has 0 aliphatic rings. The van der Waals surface area contributed by atoms with Gasteiger partial charge in [-0.3, -0.25) is 9.89 Å². The number of aromatic amines is 2. The Balaban J connectivity index is 2.13. The number of nitrogens with one attached hydrogen (secondary N) is 2. The van der Waals surface area contributed by atoms with Crippen molar-refractivity contribution in [2.75, 3.05) is 0 Å². The molecule has 0 saturated heterocycles. The van der Waals surface area contributed by atoms with Gasteiger partial charge in [0.05, 0.1) is 16.1 Å². The zero-order valence-corrected chi connectivity index (χ0v) is 11.6. The number of thiophene rings is 1. The third-order valence-corrected chi connectivity index (χ3v) is 4.09. The van der Waals surface area contributed by atoms with Crippen LogP contribution in [-0.2, 0) is 7.05 Å². The molecule has 0 spiro atoms. The molecule has 96 valence electrons. The minimum atomic E-state index is -0.178. The van der Waals surface area contributed by atoms with E-state index in [1.165, 1.54) is 0 Å². The predicted molar refractivity (Wildman–Crippen MR) is 77.8 cm³/mol. The highest BCUT2D eigenvalue weighted by molar-refractivity contribution is 7.71. The summed E-state index contributed by atoms with van der Waals surface area (Å²) in [7, 11) is 1.77. The Hall–Kier alpha value is -1.99. The minimum absolute atomic E-state index is 0.178. The van der Waals surface area contributed by atoms with Crippen LogP contribution in [0.1, 0.15) is 0 Å². The topological polar surface area (TPSA) is 66.5 Å². The molecule has 0 bridgehead atoms. The molecule has 2 N–H and O–H groups in total. The summed E-state index contributed by atoms with van der Waals surface area (Å²) in [6.07, 6.45) is 0. The van der Waals surface area contributed by atoms with E-state index >= 15 is 0 Å². The molecule has 0 unspecified atom stereocenters. The smallest absolute Gasteiger partial charge is 0.259 e. The molecule has 0 radical (unpaired) electrons. The molecular weight excluding hydrogens is 280 g/mol. The van der Waals surface area contributed by atoms with Crippen LogP contribution in [0.15, 0.2) is 34.4 Å². The summed E-state index contributed by atoms with van der Waals surface area (Å²) in [5.41, 5.74) is 1.12. The summed E-state index contributed by atoms with van der Waals surface area (Å²) < 4.78 is 2.15. The standard InChI is InChI=1S/C12H10N4OS2/c1-16-10(14-15-12(16)18)7-4-5-8(13-11(7)17)9-3-2-6-19-9/h2-6H,1H3,(H,13,17)(H,15,18). The molecule has 7 heteroatoms. The summed E-state index contributed by atoms with van der Waals surface area (Å²) in [5, 5.41) is 8.71. The zero-order valence-electron chi connectivity index (χ0n) is 10.0. The third kappa shape index (κ3) is 2.06. The number of nitrogens with zero attached hydrogens (tertiary/aromatic N) is 2. The first-order valence-electron chi connectivity index (χ1n) is 5.56. The second-order valence-corrected chi connectivity index (χ2v) is 5.34. The van der Waals surface area contributed by atoms with Crippen molar-refractivity contribution >= 4 is 23.6 Å². The highest BCUT2D eigenvalue weighted by Crippen LogP contribution is 2.22. The molecule has 3 aromatic rings. The van der Waals surface area contributed by atoms with Crippen molar-refractivity contribution < 1.29 is 0 Å². The van der Waals surface area contributed by atoms with E-state index in [2.05, 4.69) is 15.2 Å². The maximum atomic E-state index is 12.1. The fourth-order valence-electron chi connectivity index (χ4n) is 1.81. The molecule has 19 heavy (non-hydrogen) atoms. The zero-order chi connectivity index (χ0) is 13.4. The van der Waals surface area contributed by atoms with E-state index in [-0.39, 0.29) is 5.56 Å². The normalized spacial score (nSPS) is 10.8. The number of H-pyrrole nitrogens is 2. The molecule has 0 aliphatic heterocycles. The molecule has 0 saturated carbocycles. The summed E-state index contributed by atoms with van der Waals surface area (Å²) in [4.78, 5) is 16.0. The fourth-order valence-corrected chi connectivity index (χ4v) is 2.65. The quantitative estimate of drug-likeness (QED) is 0.713. The van der Waals surface area contributed by atoms with E-state index in [1.807, 2.05) is 23.6 Å². The van der Waals surface area contributed by atoms with Gasteiger partial charge in [-0.25, -0.2) is 0 Å². The van der Waals surface area contributed by atoms with Gasteiger partial charge in [0.2, 0.25) is 0 Å². The van der Waals surface area contributed by atoms with Crippen LogP contribution < -0.4 is 5.56 Å². The van der Waals surface area contributed by atoms with E-state index in [4.69, 9.17) is 12.2 Å². The van der Waals surface area contributed by atoms with Gasteiger partial charge >= 0.3 is 0 Å². The van der Waals surface area contributed by atoms with E-state index in [9.17, 15) is 4.79 Å². The Bertz CT molecular complexity index is 826. The van der Waals surface area contributed by atoms with Gasteiger partial charge in [0.1, 0.15) is 0 Å². The third-order valence-electron chi connectivity index (χ3n) is 2.82. The van der Waals surface area contributed by atoms with E-state index in [1.54, 1.807) is 29.0 Å². The molecular formula is C12H10N4OS2. The maximum absolute atomic E-state index is 12.1. The Labute approximate surface area is 117 Å². The minimum Gasteiger partial charge on any atom is -0.321 e. The summed E-state index contributed by atoms with van der Waals surface area (Å²) in [6, 6.07) is 7.55. The van der Waals surface area contributed by atoms with Crippen LogP contribution in [0.5, 0.6) is 0 Å². The van der Waals surface area contributed by atoms with Crippen LogP contribution >= 0.6 is 23.6 Å². The Morgan fingerprint density at radius 2 is 2.21 bits per heavy atom. The predicted octanol–water partition coefficient (Wildman–Crippen LogP) is 2.56. The molecule has 0 atom stereocenters. The molecule has 0 amide bonds. The molecule has 5 nitrogen and oxygen atoms in total. The highest BCUT2D eigenvalue weighted by atomic mass is 32.1. The van der Waals surface area contributed by atoms with Gasteiger partial charge in [-0.05, 0) is 35.8 Å². The van der Waals surface area contributed by atoms with Gasteiger partial charge in [-0.1, -0.05) is 6.07 Å². The summed E-state index contributed by atoms with van der Waals surface area (Å²) in [6.45, 7) is 0. The number of pyridine rings is 1. The monoisotopic (exact) mass is 290 g/mol. The van der Waals surface area contributed by atoms with Crippen molar-refractivity contribution in [2.24, 2.45) is 7.05 Å². The Morgan fingerprint density at radius 3 is 2.79 bits per heavy atom. The average molecular weight is 290 g/mol. The highest BCUT2D eigenvalue weighted by Gasteiger charge is 2.11. The molecule has 0 aliphatic carbocycles. The second-order valence-electron chi connectivity index (χ2n) is 4.00. The lowest BCUT2D eigenvalue weighted by molar-refractivity contribution is 0.899. The number of rotatable bonds is 2. The first kappa shape index (κ1) is 12.1. The number of hydrogen-bond donors (Lipinski definition) is 2. The van der Waals surface area contributed by atoms with Crippen molar-refractivity contribution in [3.63, 3.8) is 0 Å². The lowest BCUT2D eigenvalue weighted by Gasteiger charge is -2.02. The van der Waals surface area contributed by atoms with Gasteiger partial charge in [0, 0.05) is 7.05 Å². The number of aromatic nitrogens is 4. The van der Waals surface area contributed by atoms with Crippen LogP contribution in [0.2, 0.25) is 0 Å². The first-order chi connectivity index (χ1) is 9.16. The van der Waals surface area contributed by atoms with Gasteiger partial charge in [-0.15, -0.1) is 11.3 Å². The lowest BCUT2D eigenvalue weighted by atomic mass is 10.2. The molecule has 3 heterocycles. The van der Waals surface area contributed by atoms with E-state index in [0.717, 1.165) is 10.6 Å². The Kier molecular flexibility index (Phi) is 2.92. The van der Waals surface area contributed by atoms with Crippen molar-refractivity contribution in [3.8, 4) is 22.0 Å². The largest absolute Gasteiger partial charge is 0.321 e. The van der Waals surface area contributed by atoms with Crippen molar-refractivity contribution in [1.82, 2.24) is 19.7 Å². The van der Waals surface area contributed by atoms with Crippen molar-refractivity contribution in [3.05, 3.63) is 44.8 Å². The maximum Gasteiger partial charge on any atom is 0.259 e. The molecule has 0 aromatic carbocycles. The van der Waals surface area contributed by atoms with Crippen LogP contribution in [-0.4, -0.2) is 19.7 Å². The summed E-state index contributed by atoms with van der Waals surface area (Å²) >= 11 is 6.62. The van der Waals surface area contributed by atoms with E-state index in [0.29, 0.717) is 16.2 Å². The van der Waals surface area contributed by atoms with Crippen molar-refractivity contribution in [1.29, 1.82) is 0 Å². The SMILES string of the molecule is Cn1c(-c2ccc(-c3cccs3)[nH]c2=O)n[nH]c1=S. The molecule has 0 fully saturated rings. The fraction of sp³-hybridized carbons (Fsp3) is 0.0833. The van der Waals surface area contributed by atoms with Crippen LogP contribution in [0.4, 0.5) is 0 Å². The van der Waals surface area contributed by atoms with Crippen molar-refractivity contribution in [2.45, 2.75) is 0 Å². The first-order valence-corrected chi connectivity index (χ1v) is 6.84. The van der Waals surface area contributed by atoms with E-state index < -0.39 is 0 Å². The molecule has 3 rings (SSSR count). The van der Waals surface area contributed by atoms with Gasteiger partial charge in [0.25, 0.3) is 5.56 Å². The van der Waals surface area contributed by atoms with Crippen LogP contribution in [0.25, 0.3) is 22.0 Å². The number of hydrogen-bond acceptors (Lipinski definition) is 4.